The first-order valence-electron chi connectivity index (χ1n) is 8.61. The molecule has 2 aliphatic heterocycles. The Hall–Kier alpha value is -2.12. The van der Waals surface area contributed by atoms with Gasteiger partial charge in [0.1, 0.15) is 24.0 Å². The summed E-state index contributed by atoms with van der Waals surface area (Å²) in [6.45, 7) is 0.825. The van der Waals surface area contributed by atoms with Crippen LogP contribution in [0.4, 0.5) is 0 Å². The molecule has 2 aromatic rings. The number of hydrogen-bond acceptors (Lipinski definition) is 6. The normalized spacial score (nSPS) is 28.1. The van der Waals surface area contributed by atoms with Gasteiger partial charge in [0.25, 0.3) is 0 Å². The summed E-state index contributed by atoms with van der Waals surface area (Å²) in [7, 11) is 3.29. The topological polar surface area (TPSA) is 60.4 Å². The second kappa shape index (κ2) is 6.89. The molecule has 2 aromatic carbocycles. The highest BCUT2D eigenvalue weighted by Crippen LogP contribution is 2.49. The van der Waals surface area contributed by atoms with Gasteiger partial charge in [-0.3, -0.25) is 0 Å². The quantitative estimate of drug-likeness (QED) is 0.887. The van der Waals surface area contributed by atoms with Gasteiger partial charge in [0.15, 0.2) is 0 Å². The molecule has 3 atom stereocenters. The summed E-state index contributed by atoms with van der Waals surface area (Å²) >= 11 is 0. The number of aliphatic hydroxyl groups is 1. The van der Waals surface area contributed by atoms with E-state index in [-0.39, 0.29) is 19.1 Å². The van der Waals surface area contributed by atoms with Crippen molar-refractivity contribution >= 4 is 0 Å². The standard InChI is InChI=1S/C20H23NO5/c1-23-16-7-3-14(4-8-16)18-21-19(15-5-9-17(24-2)10-6-15)26-13-20(21,11-22)12-25-18/h3-10,18-19,22H,11-13H2,1-2H3/t18-,19+,20-. The molecule has 2 fully saturated rings. The molecule has 0 bridgehead atoms. The van der Waals surface area contributed by atoms with Crippen LogP contribution in [0, 0.1) is 0 Å². The molecule has 0 radical (unpaired) electrons. The summed E-state index contributed by atoms with van der Waals surface area (Å²) in [5.74, 6) is 1.59. The summed E-state index contributed by atoms with van der Waals surface area (Å²) in [6.07, 6.45) is -0.578. The first-order chi connectivity index (χ1) is 12.7. The largest absolute Gasteiger partial charge is 0.497 e. The molecule has 2 saturated heterocycles. The molecule has 0 aliphatic carbocycles. The van der Waals surface area contributed by atoms with Crippen LogP contribution >= 0.6 is 0 Å². The van der Waals surface area contributed by atoms with Crippen LogP contribution in [-0.4, -0.2) is 49.6 Å². The van der Waals surface area contributed by atoms with E-state index in [9.17, 15) is 5.11 Å². The molecule has 0 unspecified atom stereocenters. The number of methoxy groups -OCH3 is 2. The van der Waals surface area contributed by atoms with Crippen molar-refractivity contribution in [3.05, 3.63) is 59.7 Å². The summed E-state index contributed by atoms with van der Waals surface area (Å²) in [5.41, 5.74) is 1.48. The Morgan fingerprint density at radius 2 is 1.31 bits per heavy atom. The number of hydrogen-bond donors (Lipinski definition) is 1. The maximum Gasteiger partial charge on any atom is 0.139 e. The van der Waals surface area contributed by atoms with Crippen molar-refractivity contribution in [3.8, 4) is 11.5 Å². The molecule has 0 aromatic heterocycles. The van der Waals surface area contributed by atoms with Crippen LogP contribution in [0.25, 0.3) is 0 Å². The van der Waals surface area contributed by atoms with Gasteiger partial charge in [-0.2, -0.15) is 0 Å². The first kappa shape index (κ1) is 17.3. The average Bonchev–Trinajstić information content (AvgIpc) is 3.26. The van der Waals surface area contributed by atoms with Gasteiger partial charge in [-0.25, -0.2) is 4.90 Å². The second-order valence-corrected chi connectivity index (χ2v) is 6.66. The maximum absolute atomic E-state index is 10.1. The van der Waals surface area contributed by atoms with Crippen LogP contribution in [-0.2, 0) is 9.47 Å². The zero-order valence-corrected chi connectivity index (χ0v) is 14.9. The minimum atomic E-state index is -0.533. The zero-order valence-electron chi connectivity index (χ0n) is 14.9. The molecular weight excluding hydrogens is 334 g/mol. The Morgan fingerprint density at radius 3 is 1.65 bits per heavy atom. The minimum Gasteiger partial charge on any atom is -0.497 e. The van der Waals surface area contributed by atoms with Crippen LogP contribution in [0.2, 0.25) is 0 Å². The highest BCUT2D eigenvalue weighted by atomic mass is 16.6. The molecule has 6 heteroatoms. The Bertz CT molecular complexity index is 686. The van der Waals surface area contributed by atoms with E-state index in [2.05, 4.69) is 4.90 Å². The monoisotopic (exact) mass is 357 g/mol. The lowest BCUT2D eigenvalue weighted by Crippen LogP contribution is -2.47. The highest BCUT2D eigenvalue weighted by Gasteiger charge is 2.56. The van der Waals surface area contributed by atoms with Crippen molar-refractivity contribution in [3.63, 3.8) is 0 Å². The van der Waals surface area contributed by atoms with Crippen LogP contribution in [0.15, 0.2) is 48.5 Å². The number of ether oxygens (including phenoxy) is 4. The Labute approximate surface area is 152 Å². The third kappa shape index (κ3) is 2.75. The van der Waals surface area contributed by atoms with Gasteiger partial charge < -0.3 is 24.1 Å². The molecule has 6 nitrogen and oxygen atoms in total. The highest BCUT2D eigenvalue weighted by molar-refractivity contribution is 5.32. The van der Waals surface area contributed by atoms with E-state index < -0.39 is 5.54 Å². The SMILES string of the molecule is COc1ccc([C@H]2OC[C@]3(CO)CO[C@@H](c4ccc(OC)cc4)N23)cc1. The molecule has 0 spiro atoms. The molecule has 26 heavy (non-hydrogen) atoms. The maximum atomic E-state index is 10.1. The predicted molar refractivity (Wildman–Crippen MR) is 95.0 cm³/mol. The average molecular weight is 357 g/mol. The third-order valence-corrected chi connectivity index (χ3v) is 5.17. The number of fused-ring (bicyclic) bond motifs is 1. The van der Waals surface area contributed by atoms with E-state index in [1.807, 2.05) is 48.5 Å². The van der Waals surface area contributed by atoms with Crippen molar-refractivity contribution in [1.29, 1.82) is 0 Å². The van der Waals surface area contributed by atoms with Gasteiger partial charge in [-0.15, -0.1) is 0 Å². The Morgan fingerprint density at radius 1 is 0.885 bits per heavy atom. The van der Waals surface area contributed by atoms with Crippen LogP contribution < -0.4 is 9.47 Å². The summed E-state index contributed by atoms with van der Waals surface area (Å²) in [5, 5.41) is 10.1. The van der Waals surface area contributed by atoms with E-state index in [4.69, 9.17) is 18.9 Å². The van der Waals surface area contributed by atoms with E-state index in [0.29, 0.717) is 13.2 Å². The Balaban J connectivity index is 1.67. The van der Waals surface area contributed by atoms with Crippen molar-refractivity contribution in [2.75, 3.05) is 34.0 Å². The predicted octanol–water partition coefficient (Wildman–Crippen LogP) is 2.49. The van der Waals surface area contributed by atoms with Gasteiger partial charge in [0.2, 0.25) is 0 Å². The smallest absolute Gasteiger partial charge is 0.139 e. The van der Waals surface area contributed by atoms with Crippen molar-refractivity contribution in [1.82, 2.24) is 4.90 Å². The van der Waals surface area contributed by atoms with Crippen LogP contribution in [0.5, 0.6) is 11.5 Å². The second-order valence-electron chi connectivity index (χ2n) is 6.66. The van der Waals surface area contributed by atoms with Gasteiger partial charge in [0.05, 0.1) is 39.6 Å². The lowest BCUT2D eigenvalue weighted by Gasteiger charge is -2.33. The van der Waals surface area contributed by atoms with Gasteiger partial charge in [-0.1, -0.05) is 24.3 Å². The molecule has 138 valence electrons. The molecule has 4 rings (SSSR count). The van der Waals surface area contributed by atoms with Crippen molar-refractivity contribution in [2.24, 2.45) is 0 Å². The molecule has 2 aliphatic rings. The number of nitrogens with zero attached hydrogens (tertiary/aromatic N) is 1. The fourth-order valence-corrected chi connectivity index (χ4v) is 3.66. The van der Waals surface area contributed by atoms with Gasteiger partial charge >= 0.3 is 0 Å². The van der Waals surface area contributed by atoms with Crippen LogP contribution in [0.1, 0.15) is 23.6 Å². The fraction of sp³-hybridized carbons (Fsp3) is 0.400. The summed E-state index contributed by atoms with van der Waals surface area (Å²) in [6, 6.07) is 15.6. The molecule has 2 heterocycles. The van der Waals surface area contributed by atoms with Gasteiger partial charge in [0, 0.05) is 0 Å². The van der Waals surface area contributed by atoms with Crippen molar-refractivity contribution in [2.45, 2.75) is 18.0 Å². The number of rotatable bonds is 5. The molecule has 0 amide bonds. The zero-order chi connectivity index (χ0) is 18.1. The first-order valence-corrected chi connectivity index (χ1v) is 8.61. The van der Waals surface area contributed by atoms with E-state index >= 15 is 0 Å². The van der Waals surface area contributed by atoms with E-state index in [1.54, 1.807) is 14.2 Å². The van der Waals surface area contributed by atoms with Crippen LogP contribution in [0.3, 0.4) is 0 Å². The summed E-state index contributed by atoms with van der Waals surface area (Å²) < 4.78 is 22.7. The van der Waals surface area contributed by atoms with E-state index in [0.717, 1.165) is 22.6 Å². The van der Waals surface area contributed by atoms with Gasteiger partial charge in [-0.05, 0) is 35.4 Å². The summed E-state index contributed by atoms with van der Waals surface area (Å²) in [4.78, 5) is 2.14. The van der Waals surface area contributed by atoms with Crippen molar-refractivity contribution < 1.29 is 24.1 Å². The third-order valence-electron chi connectivity index (χ3n) is 5.17. The molecule has 1 N–H and O–H groups in total. The fourth-order valence-electron chi connectivity index (χ4n) is 3.66. The lowest BCUT2D eigenvalue weighted by molar-refractivity contribution is -0.0630. The lowest BCUT2D eigenvalue weighted by atomic mass is 10.0. The molecule has 0 saturated carbocycles. The number of benzene rings is 2. The molecular formula is C20H23NO5. The minimum absolute atomic E-state index is 0.0215. The number of aliphatic hydroxyl groups excluding tert-OH is 1. The Kier molecular flexibility index (Phi) is 4.58. The van der Waals surface area contributed by atoms with E-state index in [1.165, 1.54) is 0 Å².